The van der Waals surface area contributed by atoms with Crippen LogP contribution in [-0.4, -0.2) is 6.29 Å². The Hall–Kier alpha value is 0.0300. The summed E-state index contributed by atoms with van der Waals surface area (Å²) in [7, 11) is 0. The summed E-state index contributed by atoms with van der Waals surface area (Å²) >= 11 is 2.72. The van der Waals surface area contributed by atoms with Crippen LogP contribution in [-0.2, 0) is 0 Å². The van der Waals surface area contributed by atoms with Crippen molar-refractivity contribution in [3.8, 4) is 0 Å². The molecular formula is C5H2FIOS. The molecule has 4 heteroatoms. The highest BCUT2D eigenvalue weighted by Gasteiger charge is 2.03. The molecule has 9 heavy (non-hydrogen) atoms. The van der Waals surface area contributed by atoms with Crippen molar-refractivity contribution in [2.24, 2.45) is 0 Å². The number of carbonyl (C=O) groups excluding carboxylic acids is 1. The van der Waals surface area contributed by atoms with E-state index in [2.05, 4.69) is 0 Å². The van der Waals surface area contributed by atoms with Gasteiger partial charge in [-0.25, -0.2) is 0 Å². The molecule has 0 aromatic carbocycles. The zero-order valence-electron chi connectivity index (χ0n) is 4.23. The van der Waals surface area contributed by atoms with Crippen LogP contribution in [0, 0.1) is 8.70 Å². The minimum Gasteiger partial charge on any atom is -0.297 e. The third-order valence-electron chi connectivity index (χ3n) is 0.780. The second kappa shape index (κ2) is 2.74. The second-order valence-corrected chi connectivity index (χ2v) is 3.58. The van der Waals surface area contributed by atoms with Crippen LogP contribution in [0.1, 0.15) is 9.67 Å². The number of carbonyl (C=O) groups is 1. The fourth-order valence-corrected chi connectivity index (χ4v) is 1.89. The van der Waals surface area contributed by atoms with Gasteiger partial charge >= 0.3 is 0 Å². The van der Waals surface area contributed by atoms with Gasteiger partial charge in [-0.15, -0.1) is 11.3 Å². The molecule has 0 spiro atoms. The zero-order chi connectivity index (χ0) is 6.85. The normalized spacial score (nSPS) is 9.56. The monoisotopic (exact) mass is 256 g/mol. The van der Waals surface area contributed by atoms with E-state index >= 15 is 0 Å². The maximum Gasteiger partial charge on any atom is 0.190 e. The lowest BCUT2D eigenvalue weighted by molar-refractivity contribution is 0.112. The molecule has 0 amide bonds. The maximum atomic E-state index is 12.4. The summed E-state index contributed by atoms with van der Waals surface area (Å²) < 4.78 is 12.9. The van der Waals surface area contributed by atoms with E-state index in [1.54, 1.807) is 0 Å². The summed E-state index contributed by atoms with van der Waals surface area (Å²) in [6.45, 7) is 0. The van der Waals surface area contributed by atoms with E-state index in [4.69, 9.17) is 0 Å². The van der Waals surface area contributed by atoms with Gasteiger partial charge < -0.3 is 0 Å². The molecule has 0 bridgehead atoms. The average Bonchev–Trinajstić information content (AvgIpc) is 2.13. The third kappa shape index (κ3) is 1.48. The first-order valence-corrected chi connectivity index (χ1v) is 4.03. The maximum absolute atomic E-state index is 12.4. The molecule has 0 aliphatic carbocycles. The number of hydrogen-bond donors (Lipinski definition) is 0. The Kier molecular flexibility index (Phi) is 2.18. The van der Waals surface area contributed by atoms with Crippen molar-refractivity contribution in [3.05, 3.63) is 19.6 Å². The lowest BCUT2D eigenvalue weighted by Gasteiger charge is -1.72. The van der Waals surface area contributed by atoms with Crippen molar-refractivity contribution in [3.63, 3.8) is 0 Å². The van der Waals surface area contributed by atoms with Crippen molar-refractivity contribution in [2.75, 3.05) is 0 Å². The van der Waals surface area contributed by atoms with Crippen LogP contribution in [0.15, 0.2) is 6.07 Å². The van der Waals surface area contributed by atoms with E-state index < -0.39 is 0 Å². The Bertz CT molecular complexity index is 213. The number of aldehydes is 1. The number of hydrogen-bond acceptors (Lipinski definition) is 2. The number of thiophene rings is 1. The van der Waals surface area contributed by atoms with Gasteiger partial charge in [-0.05, 0) is 28.7 Å². The highest BCUT2D eigenvalue weighted by atomic mass is 127. The lowest BCUT2D eigenvalue weighted by Crippen LogP contribution is -1.64. The van der Waals surface area contributed by atoms with Gasteiger partial charge in [-0.2, -0.15) is 4.39 Å². The van der Waals surface area contributed by atoms with Crippen LogP contribution in [0.2, 0.25) is 0 Å². The smallest absolute Gasteiger partial charge is 0.190 e. The van der Waals surface area contributed by atoms with E-state index in [0.29, 0.717) is 14.7 Å². The Balaban J connectivity index is 3.11. The Labute approximate surface area is 69.0 Å². The zero-order valence-corrected chi connectivity index (χ0v) is 7.20. The van der Waals surface area contributed by atoms with Gasteiger partial charge in [0.25, 0.3) is 0 Å². The summed E-state index contributed by atoms with van der Waals surface area (Å²) in [5.74, 6) is 0. The predicted octanol–water partition coefficient (Wildman–Crippen LogP) is 2.30. The van der Waals surface area contributed by atoms with Crippen LogP contribution in [0.5, 0.6) is 0 Å². The SMILES string of the molecule is O=Cc1cc(I)c(F)s1. The van der Waals surface area contributed by atoms with Gasteiger partial charge in [0.2, 0.25) is 0 Å². The topological polar surface area (TPSA) is 17.1 Å². The van der Waals surface area contributed by atoms with Crippen LogP contribution in [0.25, 0.3) is 0 Å². The standard InChI is InChI=1S/C5H2FIOS/c6-5-4(7)1-3(2-8)9-5/h1-2H. The van der Waals surface area contributed by atoms with Gasteiger partial charge in [0, 0.05) is 0 Å². The molecule has 0 atom stereocenters. The first-order chi connectivity index (χ1) is 4.24. The molecule has 1 nitrogen and oxygen atoms in total. The Morgan fingerprint density at radius 1 is 1.78 bits per heavy atom. The minimum absolute atomic E-state index is 0.280. The quantitative estimate of drug-likeness (QED) is 0.556. The van der Waals surface area contributed by atoms with Gasteiger partial charge in [0.15, 0.2) is 11.4 Å². The summed E-state index contributed by atoms with van der Waals surface area (Å²) in [5, 5.41) is -0.280. The average molecular weight is 256 g/mol. The summed E-state index contributed by atoms with van der Waals surface area (Å²) in [6.07, 6.45) is 0.649. The lowest BCUT2D eigenvalue weighted by atomic mass is 10.5. The molecular weight excluding hydrogens is 254 g/mol. The van der Waals surface area contributed by atoms with Crippen molar-refractivity contribution < 1.29 is 9.18 Å². The number of rotatable bonds is 1. The number of halogens is 2. The third-order valence-corrected chi connectivity index (χ3v) is 2.78. The van der Waals surface area contributed by atoms with E-state index in [0.717, 1.165) is 11.3 Å². The fourth-order valence-electron chi connectivity index (χ4n) is 0.421. The molecule has 48 valence electrons. The molecule has 0 radical (unpaired) electrons. The van der Waals surface area contributed by atoms with Crippen LogP contribution >= 0.6 is 33.9 Å². The minimum atomic E-state index is -0.280. The Morgan fingerprint density at radius 2 is 2.44 bits per heavy atom. The molecule has 0 fully saturated rings. The van der Waals surface area contributed by atoms with Gasteiger partial charge in [0.1, 0.15) is 0 Å². The molecule has 0 aliphatic heterocycles. The largest absolute Gasteiger partial charge is 0.297 e. The van der Waals surface area contributed by atoms with E-state index in [1.807, 2.05) is 22.6 Å². The molecule has 1 aromatic rings. The molecule has 0 aliphatic rings. The molecule has 0 saturated carbocycles. The van der Waals surface area contributed by atoms with Crippen LogP contribution in [0.3, 0.4) is 0 Å². The molecule has 0 unspecified atom stereocenters. The van der Waals surface area contributed by atoms with Gasteiger partial charge in [-0.3, -0.25) is 4.79 Å². The summed E-state index contributed by atoms with van der Waals surface area (Å²) in [6, 6.07) is 1.52. The molecule has 1 heterocycles. The summed E-state index contributed by atoms with van der Waals surface area (Å²) in [5.41, 5.74) is 0. The second-order valence-electron chi connectivity index (χ2n) is 1.39. The van der Waals surface area contributed by atoms with E-state index in [1.165, 1.54) is 6.07 Å². The van der Waals surface area contributed by atoms with Gasteiger partial charge in [-0.1, -0.05) is 0 Å². The Morgan fingerprint density at radius 3 is 2.67 bits per heavy atom. The van der Waals surface area contributed by atoms with Crippen molar-refractivity contribution in [2.45, 2.75) is 0 Å². The molecule has 1 aromatic heterocycles. The highest BCUT2D eigenvalue weighted by molar-refractivity contribution is 14.1. The first kappa shape index (κ1) is 7.14. The first-order valence-electron chi connectivity index (χ1n) is 2.14. The molecule has 1 rings (SSSR count). The van der Waals surface area contributed by atoms with E-state index in [-0.39, 0.29) is 5.13 Å². The molecule has 0 saturated heterocycles. The van der Waals surface area contributed by atoms with Crippen LogP contribution in [0.4, 0.5) is 4.39 Å². The van der Waals surface area contributed by atoms with Crippen LogP contribution < -0.4 is 0 Å². The van der Waals surface area contributed by atoms with Crippen molar-refractivity contribution >= 4 is 40.2 Å². The summed E-state index contributed by atoms with van der Waals surface area (Å²) in [4.78, 5) is 10.5. The highest BCUT2D eigenvalue weighted by Crippen LogP contribution is 2.20. The fraction of sp³-hybridized carbons (Fsp3) is 0. The van der Waals surface area contributed by atoms with Crippen molar-refractivity contribution in [1.82, 2.24) is 0 Å². The predicted molar refractivity (Wildman–Crippen MR) is 42.4 cm³/mol. The van der Waals surface area contributed by atoms with E-state index in [9.17, 15) is 9.18 Å². The van der Waals surface area contributed by atoms with Gasteiger partial charge in [0.05, 0.1) is 8.45 Å². The molecule has 0 N–H and O–H groups in total. The van der Waals surface area contributed by atoms with Crippen molar-refractivity contribution in [1.29, 1.82) is 0 Å².